The van der Waals surface area contributed by atoms with Crippen molar-refractivity contribution in [3.8, 4) is 11.4 Å². The van der Waals surface area contributed by atoms with Crippen LogP contribution in [0, 0.1) is 6.92 Å². The van der Waals surface area contributed by atoms with Gasteiger partial charge in [-0.05, 0) is 67.7 Å². The molecule has 0 aliphatic carbocycles. The van der Waals surface area contributed by atoms with Gasteiger partial charge in [-0.25, -0.2) is 0 Å². The zero-order valence-corrected chi connectivity index (χ0v) is 21.8. The molecule has 2 atom stereocenters. The summed E-state index contributed by atoms with van der Waals surface area (Å²) in [7, 11) is 1.60. The Morgan fingerprint density at radius 1 is 1.08 bits per heavy atom. The summed E-state index contributed by atoms with van der Waals surface area (Å²) in [5, 5.41) is 7.00. The number of carbonyl (C=O) groups excluding carboxylic acids is 1. The Bertz CT molecular complexity index is 1420. The Morgan fingerprint density at radius 2 is 1.86 bits per heavy atom. The molecule has 0 saturated carbocycles. The molecule has 2 aromatic carbocycles. The number of thiocarbonyl (C=S) groups is 1. The first-order valence-corrected chi connectivity index (χ1v) is 12.6. The van der Waals surface area contributed by atoms with E-state index in [0.717, 1.165) is 22.8 Å². The molecule has 37 heavy (non-hydrogen) atoms. The second kappa shape index (κ2) is 10.4. The lowest BCUT2D eigenvalue weighted by atomic mass is 10.0. The van der Waals surface area contributed by atoms with Crippen molar-refractivity contribution in [3.63, 3.8) is 0 Å². The summed E-state index contributed by atoms with van der Waals surface area (Å²) in [5.41, 5.74) is 5.71. The molecule has 1 saturated heterocycles. The van der Waals surface area contributed by atoms with E-state index in [1.165, 1.54) is 5.56 Å². The molecule has 1 fully saturated rings. The smallest absolute Gasteiger partial charge is 0.224 e. The molecule has 3 heterocycles. The lowest BCUT2D eigenvalue weighted by molar-refractivity contribution is -0.115. The van der Waals surface area contributed by atoms with Crippen LogP contribution in [0.4, 0.5) is 11.4 Å². The fourth-order valence-electron chi connectivity index (χ4n) is 4.68. The number of hydrogen-bond donors (Lipinski definition) is 2. The minimum atomic E-state index is -0.195. The second-order valence-corrected chi connectivity index (χ2v) is 9.31. The zero-order chi connectivity index (χ0) is 25.9. The van der Waals surface area contributed by atoms with Crippen molar-refractivity contribution in [2.45, 2.75) is 32.4 Å². The highest BCUT2D eigenvalue weighted by molar-refractivity contribution is 7.80. The number of benzene rings is 2. The van der Waals surface area contributed by atoms with Crippen LogP contribution in [0.15, 0.2) is 85.2 Å². The quantitative estimate of drug-likeness (QED) is 0.310. The van der Waals surface area contributed by atoms with Gasteiger partial charge < -0.3 is 24.8 Å². The van der Waals surface area contributed by atoms with Crippen LogP contribution in [-0.4, -0.2) is 27.7 Å². The van der Waals surface area contributed by atoms with Gasteiger partial charge >= 0.3 is 0 Å². The van der Waals surface area contributed by atoms with E-state index in [-0.39, 0.29) is 18.0 Å². The van der Waals surface area contributed by atoms with Gasteiger partial charge in [0.2, 0.25) is 5.91 Å². The maximum Gasteiger partial charge on any atom is 0.224 e. The zero-order valence-electron chi connectivity index (χ0n) is 21.0. The van der Waals surface area contributed by atoms with Gasteiger partial charge in [0.15, 0.2) is 5.11 Å². The van der Waals surface area contributed by atoms with Crippen molar-refractivity contribution >= 4 is 34.6 Å². The molecule has 1 aliphatic heterocycles. The summed E-state index contributed by atoms with van der Waals surface area (Å²) in [4.78, 5) is 18.8. The summed E-state index contributed by atoms with van der Waals surface area (Å²) in [6.45, 7) is 3.90. The molecule has 5 rings (SSSR count). The van der Waals surface area contributed by atoms with Crippen molar-refractivity contribution in [3.05, 3.63) is 102 Å². The minimum Gasteiger partial charge on any atom is -0.494 e. The van der Waals surface area contributed by atoms with E-state index in [1.54, 1.807) is 13.3 Å². The number of rotatable bonds is 7. The molecule has 0 spiro atoms. The number of methoxy groups -OCH3 is 1. The second-order valence-electron chi connectivity index (χ2n) is 8.92. The highest BCUT2D eigenvalue weighted by atomic mass is 32.1. The Balaban J connectivity index is 1.62. The number of pyridine rings is 1. The minimum absolute atomic E-state index is 0.0755. The van der Waals surface area contributed by atoms with Gasteiger partial charge in [0, 0.05) is 41.9 Å². The molecular weight excluding hydrogens is 482 g/mol. The number of carbonyl (C=O) groups is 1. The van der Waals surface area contributed by atoms with Gasteiger partial charge in [-0.15, -0.1) is 0 Å². The summed E-state index contributed by atoms with van der Waals surface area (Å²) in [6, 6.07) is 23.9. The molecule has 0 radical (unpaired) electrons. The van der Waals surface area contributed by atoms with Crippen molar-refractivity contribution in [2.24, 2.45) is 0 Å². The molecule has 8 heteroatoms. The third-order valence-electron chi connectivity index (χ3n) is 6.55. The lowest BCUT2D eigenvalue weighted by Gasteiger charge is -2.29. The normalized spacial score (nSPS) is 16.9. The Labute approximate surface area is 222 Å². The van der Waals surface area contributed by atoms with E-state index in [1.807, 2.05) is 49.4 Å². The maximum absolute atomic E-state index is 12.0. The molecule has 188 valence electrons. The van der Waals surface area contributed by atoms with Crippen molar-refractivity contribution in [2.75, 3.05) is 17.3 Å². The van der Waals surface area contributed by atoms with Crippen LogP contribution in [0.3, 0.4) is 0 Å². The number of nitrogens with zero attached hydrogens (tertiary/aromatic N) is 3. The van der Waals surface area contributed by atoms with Gasteiger partial charge in [-0.1, -0.05) is 30.7 Å². The van der Waals surface area contributed by atoms with Crippen LogP contribution >= 0.6 is 12.2 Å². The van der Waals surface area contributed by atoms with E-state index in [2.05, 4.69) is 68.5 Å². The molecular formula is C29H29N5O2S. The summed E-state index contributed by atoms with van der Waals surface area (Å²) in [5.74, 6) is 0.490. The summed E-state index contributed by atoms with van der Waals surface area (Å²) in [6.07, 6.45) is 4.25. The Morgan fingerprint density at radius 3 is 2.57 bits per heavy atom. The van der Waals surface area contributed by atoms with Crippen molar-refractivity contribution < 1.29 is 9.53 Å². The summed E-state index contributed by atoms with van der Waals surface area (Å²) < 4.78 is 7.84. The molecule has 2 N–H and O–H groups in total. The number of aromatic nitrogens is 2. The third kappa shape index (κ3) is 4.80. The van der Waals surface area contributed by atoms with Crippen molar-refractivity contribution in [1.82, 2.24) is 14.9 Å². The van der Waals surface area contributed by atoms with Gasteiger partial charge in [-0.3, -0.25) is 9.78 Å². The average Bonchev–Trinajstić information content (AvgIpc) is 3.54. The maximum atomic E-state index is 12.0. The van der Waals surface area contributed by atoms with Gasteiger partial charge in [0.25, 0.3) is 0 Å². The van der Waals surface area contributed by atoms with E-state index in [4.69, 9.17) is 17.0 Å². The first-order valence-electron chi connectivity index (χ1n) is 12.2. The van der Waals surface area contributed by atoms with Gasteiger partial charge in [0.1, 0.15) is 11.8 Å². The standard InChI is InChI=1S/C29H29N5O2S/c1-4-26(35)31-22-15-14-21(18-25(22)36-3)34-28(27(32-29(34)37)23-8-5-6-16-30-23)24-9-7-17-33(24)20-12-10-19(2)11-13-20/h5-18,27-28H,4H2,1-3H3,(H,31,35)(H,32,37)/t27-,28-/m0/s1. The highest BCUT2D eigenvalue weighted by Crippen LogP contribution is 2.43. The van der Waals surface area contributed by atoms with E-state index < -0.39 is 0 Å². The molecule has 0 unspecified atom stereocenters. The Kier molecular flexibility index (Phi) is 6.92. The molecule has 1 amide bonds. The average molecular weight is 512 g/mol. The number of hydrogen-bond acceptors (Lipinski definition) is 4. The van der Waals surface area contributed by atoms with Crippen LogP contribution in [0.1, 0.15) is 42.4 Å². The molecule has 1 aliphatic rings. The number of aryl methyl sites for hydroxylation is 1. The molecule has 4 aromatic rings. The number of ether oxygens (including phenoxy) is 1. The van der Waals surface area contributed by atoms with Crippen LogP contribution in [0.2, 0.25) is 0 Å². The lowest BCUT2D eigenvalue weighted by Crippen LogP contribution is -2.30. The predicted molar refractivity (Wildman–Crippen MR) is 150 cm³/mol. The number of nitrogens with one attached hydrogen (secondary N) is 2. The fourth-order valence-corrected chi connectivity index (χ4v) is 5.03. The Hall–Kier alpha value is -4.17. The highest BCUT2D eigenvalue weighted by Gasteiger charge is 2.42. The number of anilines is 2. The molecule has 7 nitrogen and oxygen atoms in total. The van der Waals surface area contributed by atoms with Crippen LogP contribution < -0.4 is 20.3 Å². The number of amides is 1. The van der Waals surface area contributed by atoms with Gasteiger partial charge in [0.05, 0.1) is 24.5 Å². The topological polar surface area (TPSA) is 71.4 Å². The molecule has 0 bridgehead atoms. The largest absolute Gasteiger partial charge is 0.494 e. The van der Waals surface area contributed by atoms with Crippen LogP contribution in [0.5, 0.6) is 5.75 Å². The van der Waals surface area contributed by atoms with Crippen molar-refractivity contribution in [1.29, 1.82) is 0 Å². The predicted octanol–water partition coefficient (Wildman–Crippen LogP) is 5.71. The SMILES string of the molecule is CCC(=O)Nc1ccc(N2C(=S)N[C@@H](c3ccccn3)[C@@H]2c2cccn2-c2ccc(C)cc2)cc1OC. The first-order chi connectivity index (χ1) is 18.0. The van der Waals surface area contributed by atoms with Crippen LogP contribution in [-0.2, 0) is 4.79 Å². The fraction of sp³-hybridized carbons (Fsp3) is 0.207. The molecule has 2 aromatic heterocycles. The van der Waals surface area contributed by atoms with E-state index >= 15 is 0 Å². The van der Waals surface area contributed by atoms with Gasteiger partial charge in [-0.2, -0.15) is 0 Å². The first kappa shape index (κ1) is 24.5. The van der Waals surface area contributed by atoms with E-state index in [0.29, 0.717) is 23.0 Å². The third-order valence-corrected chi connectivity index (χ3v) is 6.87. The van der Waals surface area contributed by atoms with E-state index in [9.17, 15) is 4.79 Å². The summed E-state index contributed by atoms with van der Waals surface area (Å²) >= 11 is 5.90. The monoisotopic (exact) mass is 511 g/mol. The van der Waals surface area contributed by atoms with Crippen LogP contribution in [0.25, 0.3) is 5.69 Å².